The molecule has 6 heteroatoms. The van der Waals surface area contributed by atoms with Gasteiger partial charge < -0.3 is 19.5 Å². The van der Waals surface area contributed by atoms with Crippen LogP contribution >= 0.6 is 11.6 Å². The Kier molecular flexibility index (Phi) is 17.9. The van der Waals surface area contributed by atoms with Crippen molar-refractivity contribution in [2.75, 3.05) is 27.7 Å². The number of hydrogen-bond donors (Lipinski definition) is 1. The van der Waals surface area contributed by atoms with Crippen molar-refractivity contribution in [3.05, 3.63) is 0 Å². The minimum atomic E-state index is -1.20. The number of carboxylic acid groups (broad SMARTS) is 1. The van der Waals surface area contributed by atoms with Gasteiger partial charge in [0.15, 0.2) is 0 Å². The second kappa shape index (κ2) is 16.8. The Labute approximate surface area is 158 Å². The van der Waals surface area contributed by atoms with Crippen LogP contribution in [0.4, 0.5) is 0 Å². The molecular weight excluding hydrogens is 342 g/mol. The lowest BCUT2D eigenvalue weighted by Gasteiger charge is -2.26. The van der Waals surface area contributed by atoms with Crippen LogP contribution in [-0.2, 0) is 9.59 Å². The van der Waals surface area contributed by atoms with Crippen LogP contribution in [0.3, 0.4) is 0 Å². The van der Waals surface area contributed by atoms with Crippen LogP contribution in [0.2, 0.25) is 0 Å². The third-order valence-corrected chi connectivity index (χ3v) is 3.83. The van der Waals surface area contributed by atoms with Crippen molar-refractivity contribution >= 4 is 22.8 Å². The third-order valence-electron chi connectivity index (χ3n) is 3.64. The summed E-state index contributed by atoms with van der Waals surface area (Å²) in [6, 6.07) is 0. The van der Waals surface area contributed by atoms with Crippen LogP contribution < -0.4 is 5.11 Å². The smallest absolute Gasteiger partial charge is 0.221 e. The number of quaternary nitrogens is 1. The van der Waals surface area contributed by atoms with Gasteiger partial charge in [0.25, 0.3) is 0 Å². The molecule has 0 amide bonds. The molecule has 0 radical (unpaired) electrons. The van der Waals surface area contributed by atoms with E-state index in [0.29, 0.717) is 17.4 Å². The van der Waals surface area contributed by atoms with E-state index in [2.05, 4.69) is 6.92 Å². The molecular formula is C19H38ClNO4. The van der Waals surface area contributed by atoms with Gasteiger partial charge in [0.1, 0.15) is 12.6 Å². The molecule has 0 aromatic carbocycles. The second-order valence-corrected chi connectivity index (χ2v) is 8.06. The van der Waals surface area contributed by atoms with Gasteiger partial charge in [0.05, 0.1) is 21.1 Å². The van der Waals surface area contributed by atoms with Gasteiger partial charge in [-0.3, -0.25) is 4.79 Å². The summed E-state index contributed by atoms with van der Waals surface area (Å²) in [4.78, 5) is 20.4. The van der Waals surface area contributed by atoms with Crippen molar-refractivity contribution in [2.45, 2.75) is 83.7 Å². The van der Waals surface area contributed by atoms with E-state index in [-0.39, 0.29) is 11.7 Å². The van der Waals surface area contributed by atoms with Crippen LogP contribution in [0.5, 0.6) is 0 Å². The zero-order chi connectivity index (χ0) is 19.7. The topological polar surface area (TPSA) is 77.4 Å². The number of rotatable bonds is 14. The molecule has 0 saturated heterocycles. The van der Waals surface area contributed by atoms with Crippen LogP contribution in [0.15, 0.2) is 0 Å². The Morgan fingerprint density at radius 3 is 1.76 bits per heavy atom. The molecule has 5 nitrogen and oxygen atoms in total. The summed E-state index contributed by atoms with van der Waals surface area (Å²) in [5, 5.41) is 18.9. The van der Waals surface area contributed by atoms with Gasteiger partial charge in [-0.2, -0.15) is 0 Å². The number of aliphatic carboxylic acids is 1. The standard InChI is InChI=1S/C12H23ClO.C7H15NO3/c1-2-3-4-5-6-7-8-9-10-11-12(13)14;1-8(2,3)5-6(9)4-7(10)11/h2-11H2,1H3;6,9H,4-5H2,1-3H3/t;6-/m.1/s1. The SMILES string of the molecule is CCCCCCCCCCCC(=O)Cl.C[N+](C)(C)C[C@H](O)CC(=O)[O-]. The lowest BCUT2D eigenvalue weighted by atomic mass is 10.1. The van der Waals surface area contributed by atoms with E-state index in [0.717, 1.165) is 12.8 Å². The first kappa shape index (κ1) is 26.6. The maximum atomic E-state index is 10.4. The Hall–Kier alpha value is -0.650. The quantitative estimate of drug-likeness (QED) is 0.286. The van der Waals surface area contributed by atoms with Crippen molar-refractivity contribution in [2.24, 2.45) is 0 Å². The fourth-order valence-electron chi connectivity index (χ4n) is 2.46. The molecule has 25 heavy (non-hydrogen) atoms. The molecule has 0 heterocycles. The fraction of sp³-hybridized carbons (Fsp3) is 0.895. The largest absolute Gasteiger partial charge is 0.550 e. The van der Waals surface area contributed by atoms with Crippen molar-refractivity contribution in [1.82, 2.24) is 0 Å². The predicted molar refractivity (Wildman–Crippen MR) is 101 cm³/mol. The molecule has 150 valence electrons. The van der Waals surface area contributed by atoms with Crippen molar-refractivity contribution < 1.29 is 24.3 Å². The van der Waals surface area contributed by atoms with E-state index < -0.39 is 12.1 Å². The molecule has 0 saturated carbocycles. The van der Waals surface area contributed by atoms with E-state index in [4.69, 9.17) is 16.7 Å². The summed E-state index contributed by atoms with van der Waals surface area (Å²) in [6.45, 7) is 2.66. The number of carbonyl (C=O) groups excluding carboxylic acids is 2. The maximum Gasteiger partial charge on any atom is 0.221 e. The summed E-state index contributed by atoms with van der Waals surface area (Å²) in [6.07, 6.45) is 11.0. The molecule has 0 aromatic heterocycles. The molecule has 0 fully saturated rings. The summed E-state index contributed by atoms with van der Waals surface area (Å²) < 4.78 is 0.550. The van der Waals surface area contributed by atoms with Gasteiger partial charge in [-0.15, -0.1) is 0 Å². The van der Waals surface area contributed by atoms with E-state index >= 15 is 0 Å². The van der Waals surface area contributed by atoms with Gasteiger partial charge in [0, 0.05) is 18.8 Å². The lowest BCUT2D eigenvalue weighted by Crippen LogP contribution is -2.43. The molecule has 0 spiro atoms. The normalized spacial score (nSPS) is 12.2. The highest BCUT2D eigenvalue weighted by atomic mass is 35.5. The van der Waals surface area contributed by atoms with Gasteiger partial charge >= 0.3 is 0 Å². The van der Waals surface area contributed by atoms with Crippen molar-refractivity contribution in [1.29, 1.82) is 0 Å². The minimum Gasteiger partial charge on any atom is -0.550 e. The number of carbonyl (C=O) groups is 2. The number of aliphatic hydroxyl groups is 1. The number of unbranched alkanes of at least 4 members (excludes halogenated alkanes) is 8. The van der Waals surface area contributed by atoms with E-state index in [1.165, 1.54) is 44.9 Å². The zero-order valence-corrected chi connectivity index (χ0v) is 17.3. The zero-order valence-electron chi connectivity index (χ0n) is 16.6. The Morgan fingerprint density at radius 2 is 1.40 bits per heavy atom. The second-order valence-electron chi connectivity index (χ2n) is 7.64. The summed E-state index contributed by atoms with van der Waals surface area (Å²) >= 11 is 5.24. The summed E-state index contributed by atoms with van der Waals surface area (Å²) in [7, 11) is 5.66. The number of halogens is 1. The third kappa shape index (κ3) is 28.4. The molecule has 0 unspecified atom stereocenters. The average Bonchev–Trinajstić information content (AvgIpc) is 2.43. The lowest BCUT2D eigenvalue weighted by molar-refractivity contribution is -0.873. The van der Waals surface area contributed by atoms with Gasteiger partial charge in [0.2, 0.25) is 5.24 Å². The Morgan fingerprint density at radius 1 is 0.960 bits per heavy atom. The molecule has 0 aliphatic carbocycles. The van der Waals surface area contributed by atoms with E-state index in [9.17, 15) is 14.7 Å². The number of likely N-dealkylation sites (N-methyl/N-ethyl adjacent to an activating group) is 1. The molecule has 0 aromatic rings. The summed E-state index contributed by atoms with van der Waals surface area (Å²) in [5.74, 6) is -1.20. The first-order chi connectivity index (χ1) is 11.6. The highest BCUT2D eigenvalue weighted by Gasteiger charge is 2.14. The molecule has 0 rings (SSSR count). The van der Waals surface area contributed by atoms with Crippen LogP contribution in [0, 0.1) is 0 Å². The van der Waals surface area contributed by atoms with Crippen molar-refractivity contribution in [3.8, 4) is 0 Å². The first-order valence-electron chi connectivity index (χ1n) is 9.45. The maximum absolute atomic E-state index is 10.4. The fourth-order valence-corrected chi connectivity index (χ4v) is 2.60. The highest BCUT2D eigenvalue weighted by Crippen LogP contribution is 2.10. The molecule has 1 atom stereocenters. The van der Waals surface area contributed by atoms with E-state index in [1.54, 1.807) is 0 Å². The van der Waals surface area contributed by atoms with Gasteiger partial charge in [-0.1, -0.05) is 58.3 Å². The molecule has 0 aliphatic heterocycles. The van der Waals surface area contributed by atoms with Gasteiger partial charge in [-0.05, 0) is 18.0 Å². The van der Waals surface area contributed by atoms with Gasteiger partial charge in [-0.25, -0.2) is 0 Å². The highest BCUT2D eigenvalue weighted by molar-refractivity contribution is 6.63. The van der Waals surface area contributed by atoms with Crippen LogP contribution in [-0.4, -0.2) is 54.6 Å². The van der Waals surface area contributed by atoms with E-state index in [1.807, 2.05) is 21.1 Å². The Balaban J connectivity index is 0. The number of nitrogens with zero attached hydrogens (tertiary/aromatic N) is 1. The number of hydrogen-bond acceptors (Lipinski definition) is 4. The monoisotopic (exact) mass is 379 g/mol. The number of aliphatic hydroxyl groups excluding tert-OH is 1. The summed E-state index contributed by atoms with van der Waals surface area (Å²) in [5.41, 5.74) is 0. The van der Waals surface area contributed by atoms with Crippen LogP contribution in [0.1, 0.15) is 77.6 Å². The Bertz CT molecular complexity index is 343. The molecule has 0 aliphatic rings. The van der Waals surface area contributed by atoms with Crippen LogP contribution in [0.25, 0.3) is 0 Å². The van der Waals surface area contributed by atoms with Crippen molar-refractivity contribution in [3.63, 3.8) is 0 Å². The predicted octanol–water partition coefficient (Wildman–Crippen LogP) is 2.87. The first-order valence-corrected chi connectivity index (χ1v) is 9.83. The average molecular weight is 380 g/mol. The molecule has 0 bridgehead atoms. The minimum absolute atomic E-state index is 0.187. The number of carboxylic acids is 1. The molecule has 1 N–H and O–H groups in total.